The van der Waals surface area contributed by atoms with Gasteiger partial charge in [-0.05, 0) is 32.7 Å². The monoisotopic (exact) mass is 140 g/mol. The Morgan fingerprint density at radius 2 is 2.30 bits per heavy atom. The molecule has 0 amide bonds. The average molecular weight is 140 g/mol. The fraction of sp³-hybridized carbons (Fsp3) is 0.889. The zero-order chi connectivity index (χ0) is 7.40. The van der Waals surface area contributed by atoms with Gasteiger partial charge in [0.15, 0.2) is 0 Å². The third kappa shape index (κ3) is 1.72. The van der Waals surface area contributed by atoms with Crippen LogP contribution in [-0.4, -0.2) is 17.5 Å². The second kappa shape index (κ2) is 3.97. The second-order valence-electron chi connectivity index (χ2n) is 3.05. The van der Waals surface area contributed by atoms with Crippen molar-refractivity contribution in [1.29, 1.82) is 0 Å². The summed E-state index contributed by atoms with van der Waals surface area (Å²) in [5, 5.41) is 0. The Hall–Kier alpha value is -0.0400. The van der Waals surface area contributed by atoms with Crippen LogP contribution in [0.3, 0.4) is 0 Å². The van der Waals surface area contributed by atoms with Crippen molar-refractivity contribution in [2.75, 3.05) is 6.54 Å². The fourth-order valence-corrected chi connectivity index (χ4v) is 1.80. The number of hydrogen-bond acceptors (Lipinski definition) is 1. The van der Waals surface area contributed by atoms with Crippen LogP contribution in [0.5, 0.6) is 0 Å². The van der Waals surface area contributed by atoms with Crippen molar-refractivity contribution in [3.63, 3.8) is 0 Å². The van der Waals surface area contributed by atoms with Crippen LogP contribution in [-0.2, 0) is 0 Å². The Morgan fingerprint density at radius 1 is 1.50 bits per heavy atom. The SMILES string of the molecule is C[CH]N1CCCCC1CC. The molecule has 0 aromatic heterocycles. The molecule has 1 nitrogen and oxygen atoms in total. The normalized spacial score (nSPS) is 28.8. The highest BCUT2D eigenvalue weighted by Gasteiger charge is 2.18. The highest BCUT2D eigenvalue weighted by molar-refractivity contribution is 4.78. The molecular weight excluding hydrogens is 122 g/mol. The lowest BCUT2D eigenvalue weighted by Crippen LogP contribution is -2.36. The van der Waals surface area contributed by atoms with E-state index in [1.54, 1.807) is 0 Å². The molecule has 1 atom stereocenters. The van der Waals surface area contributed by atoms with Crippen LogP contribution in [0.4, 0.5) is 0 Å². The van der Waals surface area contributed by atoms with Crippen LogP contribution in [0.25, 0.3) is 0 Å². The van der Waals surface area contributed by atoms with Gasteiger partial charge >= 0.3 is 0 Å². The molecule has 0 aliphatic carbocycles. The smallest absolute Gasteiger partial charge is 0.0223 e. The third-order valence-corrected chi connectivity index (χ3v) is 2.48. The van der Waals surface area contributed by atoms with Gasteiger partial charge in [0.25, 0.3) is 0 Å². The van der Waals surface area contributed by atoms with Gasteiger partial charge in [-0.15, -0.1) is 0 Å². The molecule has 1 heterocycles. The minimum Gasteiger partial charge on any atom is -0.296 e. The summed E-state index contributed by atoms with van der Waals surface area (Å²) in [5.41, 5.74) is 0. The maximum atomic E-state index is 2.49. The summed E-state index contributed by atoms with van der Waals surface area (Å²) in [6.07, 6.45) is 5.54. The van der Waals surface area contributed by atoms with Gasteiger partial charge in [0.1, 0.15) is 0 Å². The molecule has 1 unspecified atom stereocenters. The Labute approximate surface area is 64.4 Å². The summed E-state index contributed by atoms with van der Waals surface area (Å²) in [6, 6.07) is 0.846. The number of likely N-dealkylation sites (tertiary alicyclic amines) is 1. The minimum absolute atomic E-state index is 0.846. The van der Waals surface area contributed by atoms with Crippen LogP contribution < -0.4 is 0 Å². The lowest BCUT2D eigenvalue weighted by Gasteiger charge is -2.33. The molecule has 1 radical (unpaired) electrons. The van der Waals surface area contributed by atoms with Crippen LogP contribution in [0, 0.1) is 6.54 Å². The predicted octanol–water partition coefficient (Wildman–Crippen LogP) is 2.43. The quantitative estimate of drug-likeness (QED) is 0.569. The van der Waals surface area contributed by atoms with Crippen LogP contribution in [0.1, 0.15) is 39.5 Å². The highest BCUT2D eigenvalue weighted by atomic mass is 15.1. The summed E-state index contributed by atoms with van der Waals surface area (Å²) in [6.45, 7) is 7.96. The van der Waals surface area contributed by atoms with Gasteiger partial charge in [-0.25, -0.2) is 0 Å². The van der Waals surface area contributed by atoms with Crippen LogP contribution in [0.15, 0.2) is 0 Å². The zero-order valence-corrected chi connectivity index (χ0v) is 7.14. The van der Waals surface area contributed by atoms with E-state index in [1.165, 1.54) is 32.2 Å². The average Bonchev–Trinajstić information content (AvgIpc) is 2.04. The van der Waals surface area contributed by atoms with Crippen molar-refractivity contribution >= 4 is 0 Å². The first-order valence-electron chi connectivity index (χ1n) is 4.43. The first-order chi connectivity index (χ1) is 4.88. The molecule has 0 bridgehead atoms. The fourth-order valence-electron chi connectivity index (χ4n) is 1.80. The van der Waals surface area contributed by atoms with Crippen LogP contribution >= 0.6 is 0 Å². The molecule has 0 saturated carbocycles. The number of piperidine rings is 1. The molecule has 1 aliphatic heterocycles. The summed E-state index contributed by atoms with van der Waals surface area (Å²) < 4.78 is 0. The van der Waals surface area contributed by atoms with Gasteiger partial charge in [0.05, 0.1) is 0 Å². The second-order valence-corrected chi connectivity index (χ2v) is 3.05. The minimum atomic E-state index is 0.846. The van der Waals surface area contributed by atoms with Gasteiger partial charge in [-0.2, -0.15) is 0 Å². The van der Waals surface area contributed by atoms with Crippen molar-refractivity contribution < 1.29 is 0 Å². The van der Waals surface area contributed by atoms with E-state index in [4.69, 9.17) is 0 Å². The molecule has 1 heteroatoms. The summed E-state index contributed by atoms with van der Waals surface area (Å²) in [7, 11) is 0. The standard InChI is InChI=1S/C9H18N/c1-3-9-7-5-6-8-10(9)4-2/h4,9H,3,5-8H2,1-2H3. The summed E-state index contributed by atoms with van der Waals surface area (Å²) >= 11 is 0. The first kappa shape index (κ1) is 8.06. The van der Waals surface area contributed by atoms with Crippen molar-refractivity contribution in [3.05, 3.63) is 6.54 Å². The Bertz CT molecular complexity index is 78.7. The molecule has 1 saturated heterocycles. The first-order valence-corrected chi connectivity index (χ1v) is 4.43. The number of nitrogens with zero attached hydrogens (tertiary/aromatic N) is 1. The van der Waals surface area contributed by atoms with Crippen molar-refractivity contribution in [3.8, 4) is 0 Å². The zero-order valence-electron chi connectivity index (χ0n) is 7.14. The lowest BCUT2D eigenvalue weighted by atomic mass is 10.0. The van der Waals surface area contributed by atoms with E-state index in [0.717, 1.165) is 6.04 Å². The maximum absolute atomic E-state index is 2.49. The molecule has 59 valence electrons. The Kier molecular flexibility index (Phi) is 3.20. The van der Waals surface area contributed by atoms with Gasteiger partial charge in [0, 0.05) is 12.6 Å². The van der Waals surface area contributed by atoms with E-state index in [2.05, 4.69) is 25.3 Å². The van der Waals surface area contributed by atoms with Crippen molar-refractivity contribution in [2.24, 2.45) is 0 Å². The van der Waals surface area contributed by atoms with Gasteiger partial charge in [0.2, 0.25) is 0 Å². The predicted molar refractivity (Wildman–Crippen MR) is 44.6 cm³/mol. The van der Waals surface area contributed by atoms with Crippen LogP contribution in [0.2, 0.25) is 0 Å². The summed E-state index contributed by atoms with van der Waals surface area (Å²) in [5.74, 6) is 0. The molecular formula is C9H18N. The number of rotatable bonds is 2. The molecule has 1 fully saturated rings. The Morgan fingerprint density at radius 3 is 2.80 bits per heavy atom. The van der Waals surface area contributed by atoms with E-state index in [0.29, 0.717) is 0 Å². The Balaban J connectivity index is 2.34. The molecule has 0 spiro atoms. The van der Waals surface area contributed by atoms with E-state index in [1.807, 2.05) is 0 Å². The van der Waals surface area contributed by atoms with Gasteiger partial charge in [-0.1, -0.05) is 13.3 Å². The van der Waals surface area contributed by atoms with Gasteiger partial charge < -0.3 is 0 Å². The largest absolute Gasteiger partial charge is 0.296 e. The van der Waals surface area contributed by atoms with E-state index < -0.39 is 0 Å². The topological polar surface area (TPSA) is 3.24 Å². The molecule has 1 rings (SSSR count). The van der Waals surface area contributed by atoms with Crippen molar-refractivity contribution in [2.45, 2.75) is 45.6 Å². The van der Waals surface area contributed by atoms with Crippen molar-refractivity contribution in [1.82, 2.24) is 4.90 Å². The summed E-state index contributed by atoms with van der Waals surface area (Å²) in [4.78, 5) is 2.49. The maximum Gasteiger partial charge on any atom is 0.0223 e. The third-order valence-electron chi connectivity index (χ3n) is 2.48. The van der Waals surface area contributed by atoms with Gasteiger partial charge in [-0.3, -0.25) is 4.90 Å². The lowest BCUT2D eigenvalue weighted by molar-refractivity contribution is 0.184. The highest BCUT2D eigenvalue weighted by Crippen LogP contribution is 2.19. The molecule has 0 N–H and O–H groups in total. The number of hydrogen-bond donors (Lipinski definition) is 0. The molecule has 0 aromatic carbocycles. The molecule has 0 aromatic rings. The van der Waals surface area contributed by atoms with E-state index in [9.17, 15) is 0 Å². The molecule has 10 heavy (non-hydrogen) atoms. The van der Waals surface area contributed by atoms with E-state index >= 15 is 0 Å². The molecule has 1 aliphatic rings. The van der Waals surface area contributed by atoms with E-state index in [-0.39, 0.29) is 0 Å².